The molecule has 0 fully saturated rings. The molecule has 0 amide bonds. The van der Waals surface area contributed by atoms with Crippen LogP contribution in [0.15, 0.2) is 194 Å². The van der Waals surface area contributed by atoms with Crippen molar-refractivity contribution in [2.75, 3.05) is 9.80 Å². The van der Waals surface area contributed by atoms with Gasteiger partial charge in [0.15, 0.2) is 0 Å². The average molecular weight is 613 g/mol. The van der Waals surface area contributed by atoms with Gasteiger partial charge in [0.2, 0.25) is 0 Å². The van der Waals surface area contributed by atoms with E-state index in [9.17, 15) is 0 Å². The molecule has 0 aromatic heterocycles. The van der Waals surface area contributed by atoms with Crippen LogP contribution in [-0.4, -0.2) is 0 Å². The maximum atomic E-state index is 9.09. The van der Waals surface area contributed by atoms with Gasteiger partial charge in [-0.15, -0.1) is 0 Å². The van der Waals surface area contributed by atoms with Gasteiger partial charge in [0.1, 0.15) is 0 Å². The van der Waals surface area contributed by atoms with Gasteiger partial charge in [0.25, 0.3) is 0 Å². The molecule has 2 nitrogen and oxygen atoms in total. The van der Waals surface area contributed by atoms with Gasteiger partial charge in [-0.3, -0.25) is 0 Å². The first-order chi connectivity index (χ1) is 32.8. The molecule has 0 aliphatic heterocycles. The lowest BCUT2D eigenvalue weighted by Gasteiger charge is -2.27. The van der Waals surface area contributed by atoms with Gasteiger partial charge < -0.3 is 9.80 Å². The quantitative estimate of drug-likeness (QED) is 0.177. The van der Waals surface area contributed by atoms with Gasteiger partial charge in [-0.25, -0.2) is 0 Å². The van der Waals surface area contributed by atoms with E-state index in [4.69, 9.17) is 32.9 Å². The molecule has 8 rings (SSSR count). The summed E-state index contributed by atoms with van der Waals surface area (Å²) in [5.74, 6) is 0. The molecule has 0 N–H and O–H groups in total. The molecule has 2 heteroatoms. The van der Waals surface area contributed by atoms with E-state index in [1.807, 2.05) is 0 Å². The Kier molecular flexibility index (Phi) is 3.16. The first-order valence-corrected chi connectivity index (χ1v) is 13.7. The van der Waals surface area contributed by atoms with Crippen LogP contribution in [0.2, 0.25) is 0 Å². The number of benzene rings is 8. The van der Waals surface area contributed by atoms with Gasteiger partial charge in [0.05, 0.1) is 44.3 Å². The van der Waals surface area contributed by atoms with Gasteiger partial charge in [-0.1, -0.05) is 133 Å². The summed E-state index contributed by atoms with van der Waals surface area (Å²) >= 11 is 0. The van der Waals surface area contributed by atoms with Crippen molar-refractivity contribution in [3.8, 4) is 11.1 Å². The number of anilines is 6. The summed E-state index contributed by atoms with van der Waals surface area (Å²) in [7, 11) is 0. The third-order valence-corrected chi connectivity index (χ3v) is 7.04. The predicted octanol–water partition coefficient (Wildman–Crippen LogP) is 12.6. The Balaban J connectivity index is 1.36. The lowest BCUT2D eigenvalue weighted by Crippen LogP contribution is -2.10. The molecule has 0 heterocycles. The SMILES string of the molecule is [2H]c1c([2H])c([2H])c(N(c2ccc(-c3ccc(N(c4c([2H])c([2H])c([2H])c([2H])c4[2H])c4c([2H])c([2H])c([2H])c5c([2H])c([2H])c([2H])c([2H])c45)cc3)cc2)c2c([2H])c([2H])c([2H])c3c([2H])c([2H])c([2H])c([2H])c23)c([2H])c1[2H]. The molecule has 46 heavy (non-hydrogen) atoms. The monoisotopic (exact) mass is 612 g/mol. The average Bonchev–Trinajstić information content (AvgIpc) is 3.35. The van der Waals surface area contributed by atoms with Crippen LogP contribution >= 0.6 is 0 Å². The van der Waals surface area contributed by atoms with Crippen molar-refractivity contribution < 1.29 is 32.9 Å². The van der Waals surface area contributed by atoms with Crippen LogP contribution in [0.3, 0.4) is 0 Å². The molecular formula is C44H32N2. The molecule has 0 spiro atoms. The second-order valence-electron chi connectivity index (χ2n) is 9.66. The van der Waals surface area contributed by atoms with E-state index in [-0.39, 0.29) is 11.4 Å². The Morgan fingerprint density at radius 3 is 1.07 bits per heavy atom. The summed E-state index contributed by atoms with van der Waals surface area (Å²) < 4.78 is 207. The molecule has 0 atom stereocenters. The van der Waals surface area contributed by atoms with E-state index in [1.165, 1.54) is 48.5 Å². The van der Waals surface area contributed by atoms with Crippen molar-refractivity contribution in [2.45, 2.75) is 0 Å². The molecule has 0 saturated carbocycles. The number of fused-ring (bicyclic) bond motifs is 2. The minimum absolute atomic E-state index is 0.0194. The third-order valence-electron chi connectivity index (χ3n) is 7.04. The van der Waals surface area contributed by atoms with E-state index in [2.05, 4.69) is 0 Å². The molecular weight excluding hydrogens is 556 g/mol. The fourth-order valence-corrected chi connectivity index (χ4v) is 4.99. The highest BCUT2D eigenvalue weighted by Crippen LogP contribution is 2.41. The minimum atomic E-state index is -0.781. The Bertz CT molecular complexity index is 3290. The Hall–Kier alpha value is -6.12. The summed E-state index contributed by atoms with van der Waals surface area (Å²) in [5, 5.41) is -1.76. The lowest BCUT2D eigenvalue weighted by molar-refractivity contribution is 1.29. The van der Waals surface area contributed by atoms with Gasteiger partial charge in [-0.05, 0) is 82.4 Å². The summed E-state index contributed by atoms with van der Waals surface area (Å²) in [4.78, 5) is 2.02. The molecule has 0 bridgehead atoms. The Morgan fingerprint density at radius 2 is 0.652 bits per heavy atom. The zero-order valence-corrected chi connectivity index (χ0v) is 23.5. The highest BCUT2D eigenvalue weighted by atomic mass is 15.1. The molecule has 218 valence electrons. The highest BCUT2D eigenvalue weighted by molar-refractivity contribution is 6.00. The van der Waals surface area contributed by atoms with Crippen molar-refractivity contribution in [1.29, 1.82) is 0 Å². The zero-order valence-electron chi connectivity index (χ0n) is 47.5. The molecule has 8 aromatic carbocycles. The van der Waals surface area contributed by atoms with E-state index >= 15 is 0 Å². The van der Waals surface area contributed by atoms with Crippen LogP contribution in [0.25, 0.3) is 32.7 Å². The van der Waals surface area contributed by atoms with Crippen LogP contribution in [0, 0.1) is 0 Å². The van der Waals surface area contributed by atoms with Gasteiger partial charge >= 0.3 is 0 Å². The van der Waals surface area contributed by atoms with Crippen LogP contribution in [0.1, 0.15) is 32.9 Å². The molecule has 8 aromatic rings. The smallest absolute Gasteiger partial charge is 0.0645 e. The second-order valence-corrected chi connectivity index (χ2v) is 9.66. The maximum Gasteiger partial charge on any atom is 0.0645 e. The van der Waals surface area contributed by atoms with E-state index < -0.39 is 189 Å². The largest absolute Gasteiger partial charge is 0.310 e. The molecule has 0 aliphatic carbocycles. The maximum absolute atomic E-state index is 9.09. The fourth-order valence-electron chi connectivity index (χ4n) is 4.99. The molecule has 0 aliphatic rings. The van der Waals surface area contributed by atoms with Gasteiger partial charge in [0, 0.05) is 33.5 Å². The Morgan fingerprint density at radius 1 is 0.304 bits per heavy atom. The molecule has 0 saturated heterocycles. The van der Waals surface area contributed by atoms with Gasteiger partial charge in [-0.2, -0.15) is 0 Å². The standard InChI is InChI=1S/C44H32N2/c1-3-17-37(18-4-1)45(43-23-11-15-35-13-7-9-21-41(35)43)39-29-25-33(26-30-39)34-27-31-40(32-28-34)46(38-19-5-2-6-20-38)44-24-12-16-36-14-8-10-22-42(36)44/h1-32H/i1D,2D,3D,4D,5D,6D,7D,8D,9D,10D,11D,12D,13D,14D,15D,16D,17D,18D,19D,20D,21D,22D,23D,24D. The molecule has 0 radical (unpaired) electrons. The van der Waals surface area contributed by atoms with Crippen LogP contribution in [0.4, 0.5) is 34.1 Å². The number of nitrogens with zero attached hydrogens (tertiary/aromatic N) is 2. The van der Waals surface area contributed by atoms with Crippen molar-refractivity contribution in [3.05, 3.63) is 194 Å². The van der Waals surface area contributed by atoms with Crippen molar-refractivity contribution in [1.82, 2.24) is 0 Å². The number of rotatable bonds is 7. The zero-order chi connectivity index (χ0) is 51.6. The van der Waals surface area contributed by atoms with E-state index in [0.717, 1.165) is 9.80 Å². The van der Waals surface area contributed by atoms with E-state index in [0.29, 0.717) is 11.1 Å². The fraction of sp³-hybridized carbons (Fsp3) is 0. The van der Waals surface area contributed by atoms with Crippen LogP contribution in [-0.2, 0) is 0 Å². The number of hydrogen-bond acceptors (Lipinski definition) is 2. The summed E-state index contributed by atoms with van der Waals surface area (Å²) in [6, 6.07) is -6.36. The van der Waals surface area contributed by atoms with Crippen molar-refractivity contribution in [2.24, 2.45) is 0 Å². The van der Waals surface area contributed by atoms with Crippen LogP contribution < -0.4 is 9.80 Å². The summed E-state index contributed by atoms with van der Waals surface area (Å²) in [5.41, 5.74) is -1.26. The normalized spacial score (nSPS) is 18.3. The molecule has 0 unspecified atom stereocenters. The first kappa shape index (κ1) is 12.0. The second kappa shape index (κ2) is 12.1. The summed E-state index contributed by atoms with van der Waals surface area (Å²) in [6.07, 6.45) is 0. The first-order valence-electron chi connectivity index (χ1n) is 25.7. The highest BCUT2D eigenvalue weighted by Gasteiger charge is 2.17. The third kappa shape index (κ3) is 5.16. The topological polar surface area (TPSA) is 6.48 Å². The number of hydrogen-bond donors (Lipinski definition) is 0. The minimum Gasteiger partial charge on any atom is -0.310 e. The van der Waals surface area contributed by atoms with E-state index in [1.54, 1.807) is 0 Å². The van der Waals surface area contributed by atoms with Crippen molar-refractivity contribution in [3.63, 3.8) is 0 Å². The van der Waals surface area contributed by atoms with Crippen LogP contribution in [0.5, 0.6) is 0 Å². The van der Waals surface area contributed by atoms with Crippen molar-refractivity contribution >= 4 is 55.7 Å². The lowest BCUT2D eigenvalue weighted by atomic mass is 10.0. The predicted molar refractivity (Wildman–Crippen MR) is 196 cm³/mol. The number of para-hydroxylation sites is 2. The Labute approximate surface area is 303 Å². The summed E-state index contributed by atoms with van der Waals surface area (Å²) in [6.45, 7) is 0.